The molecule has 1 N–H and O–H groups in total. The lowest BCUT2D eigenvalue weighted by molar-refractivity contribution is 0.521. The topological polar surface area (TPSA) is 46.9 Å². The summed E-state index contributed by atoms with van der Waals surface area (Å²) in [7, 11) is 0. The number of anilines is 1. The Labute approximate surface area is 115 Å². The molecule has 0 spiro atoms. The molecule has 2 rings (SSSR count). The molecule has 0 amide bonds. The summed E-state index contributed by atoms with van der Waals surface area (Å²) in [6.45, 7) is 3.28. The summed E-state index contributed by atoms with van der Waals surface area (Å²) in [5.74, 6) is 2.41. The van der Waals surface area contributed by atoms with Gasteiger partial charge in [0.25, 0.3) is 5.56 Å². The Balaban J connectivity index is 2.13. The molecule has 1 fully saturated rings. The predicted octanol–water partition coefficient (Wildman–Crippen LogP) is 2.24. The van der Waals surface area contributed by atoms with E-state index in [-0.39, 0.29) is 12.1 Å². The van der Waals surface area contributed by atoms with Crippen molar-refractivity contribution in [1.82, 2.24) is 9.78 Å². The highest BCUT2D eigenvalue weighted by molar-refractivity contribution is 9.10. The van der Waals surface area contributed by atoms with E-state index in [9.17, 15) is 4.79 Å². The Kier molecular flexibility index (Phi) is 3.76. The SMILES string of the molecule is C#CCn1ncc(NCC2(CC)CC2)c(Br)c1=O. The van der Waals surface area contributed by atoms with Crippen LogP contribution in [0.5, 0.6) is 0 Å². The van der Waals surface area contributed by atoms with E-state index in [1.54, 1.807) is 6.20 Å². The van der Waals surface area contributed by atoms with Crippen LogP contribution in [0, 0.1) is 17.8 Å². The van der Waals surface area contributed by atoms with Gasteiger partial charge in [-0.2, -0.15) is 5.10 Å². The second-order valence-corrected chi connectivity index (χ2v) is 5.54. The van der Waals surface area contributed by atoms with Gasteiger partial charge in [-0.25, -0.2) is 4.68 Å². The van der Waals surface area contributed by atoms with Crippen LogP contribution in [0.3, 0.4) is 0 Å². The summed E-state index contributed by atoms with van der Waals surface area (Å²) >= 11 is 3.31. The van der Waals surface area contributed by atoms with Crippen LogP contribution in [0.4, 0.5) is 5.69 Å². The zero-order valence-corrected chi connectivity index (χ0v) is 12.0. The van der Waals surface area contributed by atoms with Gasteiger partial charge in [0.05, 0.1) is 11.9 Å². The van der Waals surface area contributed by atoms with Crippen LogP contribution in [-0.4, -0.2) is 16.3 Å². The van der Waals surface area contributed by atoms with Crippen LogP contribution >= 0.6 is 15.9 Å². The molecule has 1 saturated carbocycles. The number of rotatable bonds is 5. The second kappa shape index (κ2) is 5.15. The Morgan fingerprint density at radius 2 is 2.39 bits per heavy atom. The molecule has 1 aromatic rings. The molecule has 96 valence electrons. The highest BCUT2D eigenvalue weighted by atomic mass is 79.9. The number of halogens is 1. The van der Waals surface area contributed by atoms with E-state index < -0.39 is 0 Å². The number of terminal acetylenes is 1. The summed E-state index contributed by atoms with van der Waals surface area (Å²) in [6.07, 6.45) is 10.5. The maximum atomic E-state index is 11.9. The van der Waals surface area contributed by atoms with Gasteiger partial charge in [0.2, 0.25) is 0 Å². The van der Waals surface area contributed by atoms with E-state index in [1.807, 2.05) is 0 Å². The summed E-state index contributed by atoms with van der Waals surface area (Å²) in [5, 5.41) is 7.35. The normalized spacial score (nSPS) is 16.1. The van der Waals surface area contributed by atoms with Crippen molar-refractivity contribution < 1.29 is 0 Å². The van der Waals surface area contributed by atoms with Crippen LogP contribution in [-0.2, 0) is 6.54 Å². The molecule has 0 aliphatic heterocycles. The molecule has 18 heavy (non-hydrogen) atoms. The van der Waals surface area contributed by atoms with Crippen molar-refractivity contribution in [3.8, 4) is 12.3 Å². The van der Waals surface area contributed by atoms with Crippen LogP contribution < -0.4 is 10.9 Å². The maximum absolute atomic E-state index is 11.9. The molecule has 0 radical (unpaired) electrons. The first kappa shape index (κ1) is 13.2. The minimum Gasteiger partial charge on any atom is -0.382 e. The summed E-state index contributed by atoms with van der Waals surface area (Å²) < 4.78 is 1.77. The second-order valence-electron chi connectivity index (χ2n) is 4.75. The first-order valence-electron chi connectivity index (χ1n) is 6.05. The monoisotopic (exact) mass is 309 g/mol. The van der Waals surface area contributed by atoms with E-state index in [1.165, 1.54) is 23.9 Å². The Morgan fingerprint density at radius 3 is 2.94 bits per heavy atom. The van der Waals surface area contributed by atoms with E-state index >= 15 is 0 Å². The van der Waals surface area contributed by atoms with Gasteiger partial charge in [-0.1, -0.05) is 12.8 Å². The van der Waals surface area contributed by atoms with Gasteiger partial charge < -0.3 is 5.32 Å². The lowest BCUT2D eigenvalue weighted by atomic mass is 10.0. The highest BCUT2D eigenvalue weighted by Crippen LogP contribution is 2.48. The average molecular weight is 310 g/mol. The van der Waals surface area contributed by atoms with E-state index in [0.29, 0.717) is 9.89 Å². The van der Waals surface area contributed by atoms with Gasteiger partial charge in [0.1, 0.15) is 11.0 Å². The first-order valence-corrected chi connectivity index (χ1v) is 6.84. The fourth-order valence-corrected chi connectivity index (χ4v) is 2.35. The molecule has 0 unspecified atom stereocenters. The van der Waals surface area contributed by atoms with Crippen molar-refractivity contribution in [3.05, 3.63) is 21.0 Å². The molecule has 4 nitrogen and oxygen atoms in total. The quantitative estimate of drug-likeness (QED) is 0.849. The molecule has 0 aromatic carbocycles. The number of nitrogens with one attached hydrogen (secondary N) is 1. The zero-order valence-electron chi connectivity index (χ0n) is 10.4. The van der Waals surface area contributed by atoms with Crippen LogP contribution in [0.2, 0.25) is 0 Å². The minimum atomic E-state index is -0.195. The molecule has 1 aliphatic rings. The van der Waals surface area contributed by atoms with Gasteiger partial charge in [-0.15, -0.1) is 6.42 Å². The standard InChI is InChI=1S/C13H16BrN3O/c1-3-7-17-12(18)11(14)10(8-16-17)15-9-13(4-2)5-6-13/h1,8,15H,4-7,9H2,2H3. The highest BCUT2D eigenvalue weighted by Gasteiger charge is 2.40. The van der Waals surface area contributed by atoms with Crippen LogP contribution in [0.1, 0.15) is 26.2 Å². The molecule has 0 saturated heterocycles. The molecule has 0 atom stereocenters. The molecular weight excluding hydrogens is 294 g/mol. The van der Waals surface area contributed by atoms with Crippen molar-refractivity contribution >= 4 is 21.6 Å². The molecular formula is C13H16BrN3O. The largest absolute Gasteiger partial charge is 0.382 e. The van der Waals surface area contributed by atoms with Gasteiger partial charge in [-0.3, -0.25) is 4.79 Å². The van der Waals surface area contributed by atoms with Crippen molar-refractivity contribution in [1.29, 1.82) is 0 Å². The summed E-state index contributed by atoms with van der Waals surface area (Å²) in [4.78, 5) is 11.9. The Morgan fingerprint density at radius 1 is 1.67 bits per heavy atom. The predicted molar refractivity (Wildman–Crippen MR) is 75.5 cm³/mol. The molecule has 1 heterocycles. The maximum Gasteiger partial charge on any atom is 0.284 e. The Bertz CT molecular complexity index is 540. The van der Waals surface area contributed by atoms with Crippen molar-refractivity contribution in [2.45, 2.75) is 32.7 Å². The number of hydrogen-bond donors (Lipinski definition) is 1. The van der Waals surface area contributed by atoms with E-state index in [2.05, 4.69) is 39.2 Å². The number of nitrogens with zero attached hydrogens (tertiary/aromatic N) is 2. The zero-order chi connectivity index (χ0) is 13.2. The van der Waals surface area contributed by atoms with Crippen LogP contribution in [0.25, 0.3) is 0 Å². The third-order valence-electron chi connectivity index (χ3n) is 3.59. The fraction of sp³-hybridized carbons (Fsp3) is 0.538. The lowest BCUT2D eigenvalue weighted by Crippen LogP contribution is -2.25. The first-order chi connectivity index (χ1) is 8.62. The van der Waals surface area contributed by atoms with Gasteiger partial charge in [0, 0.05) is 6.54 Å². The van der Waals surface area contributed by atoms with Gasteiger partial charge in [0.15, 0.2) is 0 Å². The van der Waals surface area contributed by atoms with Gasteiger partial charge >= 0.3 is 0 Å². The van der Waals surface area contributed by atoms with Crippen molar-refractivity contribution in [2.24, 2.45) is 5.41 Å². The summed E-state index contributed by atoms with van der Waals surface area (Å²) in [5.41, 5.74) is 0.972. The van der Waals surface area contributed by atoms with Crippen molar-refractivity contribution in [2.75, 3.05) is 11.9 Å². The molecule has 0 bridgehead atoms. The Hall–Kier alpha value is -1.28. The van der Waals surface area contributed by atoms with Gasteiger partial charge in [-0.05, 0) is 40.6 Å². The molecule has 1 aromatic heterocycles. The van der Waals surface area contributed by atoms with E-state index in [0.717, 1.165) is 12.2 Å². The smallest absolute Gasteiger partial charge is 0.284 e. The molecule has 5 heteroatoms. The lowest BCUT2D eigenvalue weighted by Gasteiger charge is -2.15. The third kappa shape index (κ3) is 2.59. The minimum absolute atomic E-state index is 0.191. The number of aromatic nitrogens is 2. The van der Waals surface area contributed by atoms with Crippen LogP contribution in [0.15, 0.2) is 15.5 Å². The fourth-order valence-electron chi connectivity index (χ4n) is 1.90. The third-order valence-corrected chi connectivity index (χ3v) is 4.35. The summed E-state index contributed by atoms with van der Waals surface area (Å²) in [6, 6.07) is 0. The molecule has 1 aliphatic carbocycles. The average Bonchev–Trinajstić information content (AvgIpc) is 3.15. The van der Waals surface area contributed by atoms with E-state index in [4.69, 9.17) is 6.42 Å². The number of hydrogen-bond acceptors (Lipinski definition) is 3. The van der Waals surface area contributed by atoms with Crippen molar-refractivity contribution in [3.63, 3.8) is 0 Å².